The van der Waals surface area contributed by atoms with Crippen molar-refractivity contribution in [2.24, 2.45) is 23.7 Å². The predicted octanol–water partition coefficient (Wildman–Crippen LogP) is 13.8. The average molecular weight is 765 g/mol. The molecule has 0 radical (unpaired) electrons. The van der Waals surface area contributed by atoms with Crippen LogP contribution in [0, 0.1) is 23.7 Å². The molecule has 4 aromatic carbocycles. The Morgan fingerprint density at radius 2 is 1.08 bits per heavy atom. The van der Waals surface area contributed by atoms with E-state index in [1.54, 1.807) is 11.1 Å². The minimum Gasteiger partial charge on any atom is -0.309 e. The Morgan fingerprint density at radius 3 is 1.76 bits per heavy atom. The topological polar surface area (TPSA) is 35.1 Å². The minimum atomic E-state index is -0.0760. The second-order valence-electron chi connectivity index (χ2n) is 21.4. The highest BCUT2D eigenvalue weighted by Crippen LogP contribution is 2.61. The van der Waals surface area contributed by atoms with E-state index in [2.05, 4.69) is 108 Å². The van der Waals surface area contributed by atoms with Crippen LogP contribution in [-0.2, 0) is 5.41 Å². The fourth-order valence-corrected chi connectivity index (χ4v) is 16.3. The number of pyridine rings is 2. The zero-order valence-electron chi connectivity index (χ0n) is 34.1. The van der Waals surface area contributed by atoms with Crippen LogP contribution in [0.3, 0.4) is 0 Å². The third kappa shape index (κ3) is 3.70. The van der Waals surface area contributed by atoms with Gasteiger partial charge in [-0.05, 0) is 163 Å². The summed E-state index contributed by atoms with van der Waals surface area (Å²) in [6.45, 7) is 4.88. The van der Waals surface area contributed by atoms with E-state index in [0.717, 1.165) is 23.7 Å². The Labute approximate surface area is 344 Å². The van der Waals surface area contributed by atoms with Gasteiger partial charge in [-0.1, -0.05) is 56.3 Å². The van der Waals surface area contributed by atoms with E-state index in [-0.39, 0.29) is 5.41 Å². The lowest BCUT2D eigenvalue weighted by Crippen LogP contribution is -2.25. The van der Waals surface area contributed by atoms with Gasteiger partial charge in [-0.2, -0.15) is 0 Å². The van der Waals surface area contributed by atoms with E-state index >= 15 is 0 Å². The normalized spacial score (nSPS) is 29.3. The summed E-state index contributed by atoms with van der Waals surface area (Å²) in [5.74, 6) is 5.79. The first kappa shape index (κ1) is 31.7. The highest BCUT2D eigenvalue weighted by molar-refractivity contribution is 6.35. The van der Waals surface area contributed by atoms with Gasteiger partial charge in [0.25, 0.3) is 0 Å². The number of fused-ring (bicyclic) bond motifs is 13. The fourth-order valence-electron chi connectivity index (χ4n) is 16.3. The molecule has 8 bridgehead atoms. The lowest BCUT2D eigenvalue weighted by atomic mass is 9.67. The van der Waals surface area contributed by atoms with E-state index in [9.17, 15) is 0 Å². The number of hydrogen-bond acceptors (Lipinski definition) is 2. The molecule has 59 heavy (non-hydrogen) atoms. The number of hydrogen-bond donors (Lipinski definition) is 0. The molecule has 0 saturated heterocycles. The molecule has 9 aliphatic carbocycles. The van der Waals surface area contributed by atoms with E-state index in [0.29, 0.717) is 23.7 Å². The Hall–Kier alpha value is -5.22. The largest absolute Gasteiger partial charge is 0.309 e. The summed E-state index contributed by atoms with van der Waals surface area (Å²) < 4.78 is 5.37. The molecule has 4 saturated carbocycles. The lowest BCUT2D eigenvalue weighted by Gasteiger charge is -2.38. The summed E-state index contributed by atoms with van der Waals surface area (Å²) in [6, 6.07) is 28.4. The van der Waals surface area contributed by atoms with E-state index in [1.807, 2.05) is 0 Å². The number of rotatable bonds is 1. The third-order valence-corrected chi connectivity index (χ3v) is 18.1. The maximum Gasteiger partial charge on any atom is 0.0729 e. The standard InChI is InChI=1S/C55H48N4/c1-55(2)41-11-7-6-10-36(41)37-24-43-38(23-42(37)55)39-22-40-48-44(25-56-51-33-18-27-12-28(19-33)15-31(14-27)46(48)51)59-45-26-57-52-34-20-29-13-30(21-34)17-32(16-29)47(52)49(45)50(54(40)59)53(39)58(43)35-8-4-3-5-9-35/h3-11,22-34H,12-21H2,1-2H3. The van der Waals surface area contributed by atoms with E-state index in [1.165, 1.54) is 163 Å². The predicted molar refractivity (Wildman–Crippen MR) is 240 cm³/mol. The zero-order chi connectivity index (χ0) is 38.2. The highest BCUT2D eigenvalue weighted by atomic mass is 15.0. The van der Waals surface area contributed by atoms with Crippen LogP contribution in [0.15, 0.2) is 85.2 Å². The van der Waals surface area contributed by atoms with Crippen molar-refractivity contribution in [2.75, 3.05) is 0 Å². The number of nitrogens with zero attached hydrogens (tertiary/aromatic N) is 4. The molecule has 5 heterocycles. The molecule has 18 rings (SSSR count). The van der Waals surface area contributed by atoms with Crippen LogP contribution in [0.1, 0.15) is 135 Å². The quantitative estimate of drug-likeness (QED) is 0.167. The fraction of sp³-hybridized carbons (Fsp3) is 0.382. The molecule has 4 heteroatoms. The molecule has 4 unspecified atom stereocenters. The van der Waals surface area contributed by atoms with Gasteiger partial charge in [0.05, 0.1) is 40.0 Å². The molecule has 9 aromatic rings. The molecule has 5 aromatic heterocycles. The molecule has 0 amide bonds. The molecule has 4 fully saturated rings. The average Bonchev–Trinajstić information content (AvgIpc) is 3.86. The smallest absolute Gasteiger partial charge is 0.0729 e. The summed E-state index contributed by atoms with van der Waals surface area (Å²) in [4.78, 5) is 11.2. The van der Waals surface area contributed by atoms with Gasteiger partial charge in [-0.3, -0.25) is 9.97 Å². The van der Waals surface area contributed by atoms with E-state index in [4.69, 9.17) is 9.97 Å². The van der Waals surface area contributed by atoms with Crippen LogP contribution < -0.4 is 0 Å². The van der Waals surface area contributed by atoms with Crippen LogP contribution in [0.5, 0.6) is 0 Å². The zero-order valence-corrected chi connectivity index (χ0v) is 34.1. The van der Waals surface area contributed by atoms with Crippen molar-refractivity contribution in [1.29, 1.82) is 0 Å². The first-order chi connectivity index (χ1) is 29.0. The molecule has 0 N–H and O–H groups in total. The van der Waals surface area contributed by atoms with Gasteiger partial charge in [-0.15, -0.1) is 0 Å². The number of benzene rings is 4. The maximum atomic E-state index is 5.61. The molecule has 4 atom stereocenters. The van der Waals surface area contributed by atoms with Crippen molar-refractivity contribution in [3.05, 3.63) is 119 Å². The van der Waals surface area contributed by atoms with Crippen LogP contribution in [0.2, 0.25) is 0 Å². The number of aromatic nitrogens is 4. The second kappa shape index (κ2) is 10.4. The lowest BCUT2D eigenvalue weighted by molar-refractivity contribution is 0.165. The molecule has 9 aliphatic rings. The Bertz CT molecular complexity index is 3350. The van der Waals surface area contributed by atoms with Gasteiger partial charge < -0.3 is 8.97 Å². The van der Waals surface area contributed by atoms with Gasteiger partial charge in [0.1, 0.15) is 0 Å². The van der Waals surface area contributed by atoms with Gasteiger partial charge in [0, 0.05) is 66.6 Å². The minimum absolute atomic E-state index is 0.0760. The molecule has 0 aliphatic heterocycles. The van der Waals surface area contributed by atoms with Crippen LogP contribution >= 0.6 is 0 Å². The first-order valence-corrected chi connectivity index (χ1v) is 23.2. The summed E-state index contributed by atoms with van der Waals surface area (Å²) in [6.07, 6.45) is 18.2. The van der Waals surface area contributed by atoms with Crippen molar-refractivity contribution in [2.45, 2.75) is 107 Å². The van der Waals surface area contributed by atoms with Crippen LogP contribution in [0.4, 0.5) is 0 Å². The first-order valence-electron chi connectivity index (χ1n) is 23.2. The molecule has 288 valence electrons. The van der Waals surface area contributed by atoms with Gasteiger partial charge in [-0.25, -0.2) is 0 Å². The molecule has 0 spiro atoms. The van der Waals surface area contributed by atoms with E-state index < -0.39 is 0 Å². The Morgan fingerprint density at radius 1 is 0.492 bits per heavy atom. The van der Waals surface area contributed by atoms with Crippen molar-refractivity contribution < 1.29 is 0 Å². The second-order valence-corrected chi connectivity index (χ2v) is 21.4. The van der Waals surface area contributed by atoms with Crippen LogP contribution in [0.25, 0.3) is 76.7 Å². The summed E-state index contributed by atoms with van der Waals surface area (Å²) in [5, 5.41) is 8.74. The van der Waals surface area contributed by atoms with Crippen LogP contribution in [-0.4, -0.2) is 18.9 Å². The summed E-state index contributed by atoms with van der Waals surface area (Å²) in [5.41, 5.74) is 19.7. The Kier molecular flexibility index (Phi) is 5.57. The molecule has 4 nitrogen and oxygen atoms in total. The number of para-hydroxylation sites is 1. The van der Waals surface area contributed by atoms with Gasteiger partial charge >= 0.3 is 0 Å². The Balaban J connectivity index is 1.15. The SMILES string of the molecule is CC1(C)c2ccccc2-c2cc3c(cc21)c1cc2c4c5c(ncc4n4c6cnc7c(c6c(c1n3-c1ccccc1)c24)C1CC2CC(CC7C2)C1)C1CC2CC(C1)CC5C2. The highest BCUT2D eigenvalue weighted by Gasteiger charge is 2.47. The summed E-state index contributed by atoms with van der Waals surface area (Å²) in [7, 11) is 0. The van der Waals surface area contributed by atoms with Crippen molar-refractivity contribution in [3.63, 3.8) is 0 Å². The van der Waals surface area contributed by atoms with Crippen molar-refractivity contribution in [3.8, 4) is 16.8 Å². The maximum absolute atomic E-state index is 5.61. The van der Waals surface area contributed by atoms with Crippen molar-refractivity contribution in [1.82, 2.24) is 18.9 Å². The monoisotopic (exact) mass is 764 g/mol. The summed E-state index contributed by atoms with van der Waals surface area (Å²) >= 11 is 0. The van der Waals surface area contributed by atoms with Gasteiger partial charge in [0.2, 0.25) is 0 Å². The van der Waals surface area contributed by atoms with Crippen molar-refractivity contribution >= 4 is 59.9 Å². The molecular formula is C55H48N4. The third-order valence-electron chi connectivity index (χ3n) is 18.1. The van der Waals surface area contributed by atoms with Gasteiger partial charge in [0.15, 0.2) is 0 Å². The molecular weight excluding hydrogens is 717 g/mol.